The number of cyclic esters (lactones) is 1. The van der Waals surface area contributed by atoms with Gasteiger partial charge in [-0.25, -0.2) is 9.79 Å². The molecule has 0 radical (unpaired) electrons. The summed E-state index contributed by atoms with van der Waals surface area (Å²) in [4.78, 5) is 16.4. The number of hydrogen-bond acceptors (Lipinski definition) is 4. The zero-order chi connectivity index (χ0) is 17.8. The quantitative estimate of drug-likeness (QED) is 0.350. The van der Waals surface area contributed by atoms with E-state index in [2.05, 4.69) is 27.6 Å². The zero-order valence-electron chi connectivity index (χ0n) is 13.5. The molecule has 0 aliphatic carbocycles. The maximum Gasteiger partial charge on any atom is 0.363 e. The molecule has 0 spiro atoms. The van der Waals surface area contributed by atoms with Crippen LogP contribution < -0.4 is 4.74 Å². The van der Waals surface area contributed by atoms with Crippen LogP contribution in [0.5, 0.6) is 5.75 Å². The van der Waals surface area contributed by atoms with Gasteiger partial charge in [-0.3, -0.25) is 0 Å². The molecule has 1 aliphatic heterocycles. The Bertz CT molecular complexity index is 877. The van der Waals surface area contributed by atoms with Crippen molar-refractivity contribution in [1.29, 1.82) is 0 Å². The average Bonchev–Trinajstić information content (AvgIpc) is 2.96. The molecule has 2 aromatic carbocycles. The van der Waals surface area contributed by atoms with Gasteiger partial charge >= 0.3 is 5.97 Å². The fraction of sp³-hybridized carbons (Fsp3) is 0.158. The molecule has 0 atom stereocenters. The Balaban J connectivity index is 1.90. The average molecular weight is 468 g/mol. The Labute approximate surface area is 164 Å². The molecule has 0 N–H and O–H groups in total. The van der Waals surface area contributed by atoms with Crippen molar-refractivity contribution in [2.24, 2.45) is 4.99 Å². The summed E-state index contributed by atoms with van der Waals surface area (Å²) in [6.07, 6.45) is 2.61. The maximum atomic E-state index is 12.1. The second kappa shape index (κ2) is 8.01. The molecule has 0 saturated carbocycles. The van der Waals surface area contributed by atoms with E-state index in [4.69, 9.17) is 21.1 Å². The standard InChI is InChI=1S/C19H15ClINO3/c1-2-8-24-14-5-3-4-12(9-14)10-17-19(23)25-18(22-17)15-11-13(21)6-7-16(15)20/h3-7,9-11H,2,8H2,1H3. The number of hydrogen-bond donors (Lipinski definition) is 0. The van der Waals surface area contributed by atoms with Crippen LogP contribution in [0.1, 0.15) is 24.5 Å². The van der Waals surface area contributed by atoms with Crippen molar-refractivity contribution in [2.75, 3.05) is 6.61 Å². The van der Waals surface area contributed by atoms with Crippen LogP contribution in [0.15, 0.2) is 53.2 Å². The number of nitrogens with zero attached hydrogens (tertiary/aromatic N) is 1. The third kappa shape index (κ3) is 4.41. The summed E-state index contributed by atoms with van der Waals surface area (Å²) >= 11 is 8.36. The summed E-state index contributed by atoms with van der Waals surface area (Å²) < 4.78 is 11.9. The number of ether oxygens (including phenoxy) is 2. The van der Waals surface area contributed by atoms with Gasteiger partial charge in [-0.05, 0) is 71.0 Å². The predicted molar refractivity (Wildman–Crippen MR) is 107 cm³/mol. The number of aliphatic imine (C=N–C) groups is 1. The van der Waals surface area contributed by atoms with Gasteiger partial charge in [0.2, 0.25) is 5.90 Å². The first kappa shape index (κ1) is 17.9. The first-order valence-electron chi connectivity index (χ1n) is 7.77. The molecule has 0 amide bonds. The second-order valence-electron chi connectivity index (χ2n) is 5.38. The number of rotatable bonds is 5. The van der Waals surface area contributed by atoms with Crippen LogP contribution in [-0.4, -0.2) is 18.5 Å². The van der Waals surface area contributed by atoms with E-state index in [1.54, 1.807) is 12.1 Å². The molecule has 0 bridgehead atoms. The minimum absolute atomic E-state index is 0.221. The third-order valence-corrected chi connectivity index (χ3v) is 4.41. The molecule has 0 unspecified atom stereocenters. The Morgan fingerprint density at radius 2 is 2.12 bits per heavy atom. The molecule has 128 valence electrons. The lowest BCUT2D eigenvalue weighted by Crippen LogP contribution is -2.06. The lowest BCUT2D eigenvalue weighted by Gasteiger charge is -2.04. The second-order valence-corrected chi connectivity index (χ2v) is 7.03. The molecule has 3 rings (SSSR count). The summed E-state index contributed by atoms with van der Waals surface area (Å²) in [5, 5.41) is 0.489. The van der Waals surface area contributed by atoms with Gasteiger partial charge in [0.15, 0.2) is 5.70 Å². The summed E-state index contributed by atoms with van der Waals surface area (Å²) in [5.74, 6) is 0.482. The van der Waals surface area contributed by atoms with Gasteiger partial charge in [-0.1, -0.05) is 30.7 Å². The van der Waals surface area contributed by atoms with Crippen molar-refractivity contribution in [3.63, 3.8) is 0 Å². The molecule has 2 aromatic rings. The molecule has 0 saturated heterocycles. The van der Waals surface area contributed by atoms with Crippen LogP contribution in [0.25, 0.3) is 6.08 Å². The van der Waals surface area contributed by atoms with Crippen molar-refractivity contribution in [2.45, 2.75) is 13.3 Å². The van der Waals surface area contributed by atoms with Crippen molar-refractivity contribution in [3.8, 4) is 5.75 Å². The summed E-state index contributed by atoms with van der Waals surface area (Å²) in [6, 6.07) is 13.0. The minimum atomic E-state index is -0.496. The van der Waals surface area contributed by atoms with E-state index in [1.807, 2.05) is 43.3 Å². The summed E-state index contributed by atoms with van der Waals surface area (Å²) in [7, 11) is 0. The van der Waals surface area contributed by atoms with Crippen LogP contribution in [-0.2, 0) is 9.53 Å². The van der Waals surface area contributed by atoms with E-state index in [-0.39, 0.29) is 11.6 Å². The van der Waals surface area contributed by atoms with E-state index in [0.717, 1.165) is 21.3 Å². The first-order valence-corrected chi connectivity index (χ1v) is 9.23. The van der Waals surface area contributed by atoms with Gasteiger partial charge in [0.1, 0.15) is 5.75 Å². The fourth-order valence-corrected chi connectivity index (χ4v) is 2.95. The van der Waals surface area contributed by atoms with E-state index in [1.165, 1.54) is 0 Å². The number of halogens is 2. The van der Waals surface area contributed by atoms with Crippen LogP contribution in [0.2, 0.25) is 5.02 Å². The number of esters is 1. The molecule has 0 aromatic heterocycles. The molecule has 1 aliphatic rings. The van der Waals surface area contributed by atoms with Gasteiger partial charge in [-0.2, -0.15) is 0 Å². The van der Waals surface area contributed by atoms with Gasteiger partial charge < -0.3 is 9.47 Å². The highest BCUT2D eigenvalue weighted by Crippen LogP contribution is 2.26. The van der Waals surface area contributed by atoms with Crippen LogP contribution in [0, 0.1) is 3.57 Å². The van der Waals surface area contributed by atoms with Crippen molar-refractivity contribution >= 4 is 52.1 Å². The van der Waals surface area contributed by atoms with E-state index >= 15 is 0 Å². The Morgan fingerprint density at radius 3 is 2.92 bits per heavy atom. The minimum Gasteiger partial charge on any atom is -0.494 e. The smallest absolute Gasteiger partial charge is 0.363 e. The Hall–Kier alpha value is -1.86. The highest BCUT2D eigenvalue weighted by atomic mass is 127. The summed E-state index contributed by atoms with van der Waals surface area (Å²) in [5.41, 5.74) is 1.65. The highest BCUT2D eigenvalue weighted by molar-refractivity contribution is 14.1. The van der Waals surface area contributed by atoms with Crippen LogP contribution >= 0.6 is 34.2 Å². The molecular weight excluding hydrogens is 453 g/mol. The van der Waals surface area contributed by atoms with Crippen molar-refractivity contribution < 1.29 is 14.3 Å². The molecule has 6 heteroatoms. The van der Waals surface area contributed by atoms with E-state index < -0.39 is 5.97 Å². The van der Waals surface area contributed by atoms with E-state index in [0.29, 0.717) is 17.2 Å². The number of carbonyl (C=O) groups is 1. The number of carbonyl (C=O) groups excluding carboxylic acids is 1. The predicted octanol–water partition coefficient (Wildman–Crippen LogP) is 5.08. The first-order chi connectivity index (χ1) is 12.1. The molecule has 1 heterocycles. The van der Waals surface area contributed by atoms with Crippen molar-refractivity contribution in [3.05, 3.63) is 67.9 Å². The molecule has 4 nitrogen and oxygen atoms in total. The largest absolute Gasteiger partial charge is 0.494 e. The lowest BCUT2D eigenvalue weighted by molar-refractivity contribution is -0.129. The van der Waals surface area contributed by atoms with Gasteiger partial charge in [0.25, 0.3) is 0 Å². The monoisotopic (exact) mass is 467 g/mol. The molecule has 0 fully saturated rings. The Morgan fingerprint density at radius 1 is 1.28 bits per heavy atom. The number of benzene rings is 2. The highest BCUT2D eigenvalue weighted by Gasteiger charge is 2.25. The van der Waals surface area contributed by atoms with Crippen LogP contribution in [0.4, 0.5) is 0 Å². The van der Waals surface area contributed by atoms with Crippen LogP contribution in [0.3, 0.4) is 0 Å². The van der Waals surface area contributed by atoms with E-state index in [9.17, 15) is 4.79 Å². The zero-order valence-corrected chi connectivity index (χ0v) is 16.4. The normalized spacial score (nSPS) is 15.2. The van der Waals surface area contributed by atoms with Gasteiger partial charge in [0, 0.05) is 3.57 Å². The van der Waals surface area contributed by atoms with Gasteiger partial charge in [-0.15, -0.1) is 0 Å². The van der Waals surface area contributed by atoms with Crippen molar-refractivity contribution in [1.82, 2.24) is 0 Å². The topological polar surface area (TPSA) is 47.9 Å². The fourth-order valence-electron chi connectivity index (χ4n) is 2.26. The molecule has 25 heavy (non-hydrogen) atoms. The third-order valence-electron chi connectivity index (χ3n) is 3.41. The lowest BCUT2D eigenvalue weighted by atomic mass is 10.2. The maximum absolute atomic E-state index is 12.1. The molecular formula is C19H15ClINO3. The SMILES string of the molecule is CCCOc1cccc(C=C2N=C(c3cc(I)ccc3Cl)OC2=O)c1. The van der Waals surface area contributed by atoms with Gasteiger partial charge in [0.05, 0.1) is 17.2 Å². The summed E-state index contributed by atoms with van der Waals surface area (Å²) in [6.45, 7) is 2.70. The Kier molecular flexibility index (Phi) is 5.75.